The zero-order valence-electron chi connectivity index (χ0n) is 12.9. The Kier molecular flexibility index (Phi) is 4.65. The SMILES string of the molecule is C#CCSc1nc(=O)c2c(n1C)NC(=O)CC2c1cccc(Cl)c1. The number of carbonyl (C=O) groups excluding carboxylic acids is 1. The topological polar surface area (TPSA) is 64.0 Å². The van der Waals surface area contributed by atoms with Gasteiger partial charge >= 0.3 is 0 Å². The van der Waals surface area contributed by atoms with Crippen LogP contribution >= 0.6 is 23.4 Å². The van der Waals surface area contributed by atoms with E-state index < -0.39 is 0 Å². The first-order valence-corrected chi connectivity index (χ1v) is 8.60. The Balaban J connectivity index is 2.16. The number of benzene rings is 1. The summed E-state index contributed by atoms with van der Waals surface area (Å²) in [6.45, 7) is 0. The number of hydrogen-bond acceptors (Lipinski definition) is 4. The second-order valence-corrected chi connectivity index (χ2v) is 6.75. The number of nitrogens with one attached hydrogen (secondary N) is 1. The highest BCUT2D eigenvalue weighted by molar-refractivity contribution is 7.99. The smallest absolute Gasteiger partial charge is 0.279 e. The maximum Gasteiger partial charge on any atom is 0.279 e. The van der Waals surface area contributed by atoms with Crippen LogP contribution in [-0.4, -0.2) is 21.2 Å². The fraction of sp³-hybridized carbons (Fsp3) is 0.235. The molecule has 0 spiro atoms. The van der Waals surface area contributed by atoms with Gasteiger partial charge in [0.1, 0.15) is 5.82 Å². The van der Waals surface area contributed by atoms with Crippen LogP contribution in [0.3, 0.4) is 0 Å². The number of amides is 1. The van der Waals surface area contributed by atoms with E-state index in [2.05, 4.69) is 16.2 Å². The van der Waals surface area contributed by atoms with Crippen molar-refractivity contribution in [1.29, 1.82) is 0 Å². The third kappa shape index (κ3) is 3.05. The number of halogens is 1. The van der Waals surface area contributed by atoms with Gasteiger partial charge in [0.15, 0.2) is 5.16 Å². The molecule has 2 heterocycles. The maximum atomic E-state index is 12.6. The number of aromatic nitrogens is 2. The molecule has 1 aliphatic heterocycles. The van der Waals surface area contributed by atoms with Crippen molar-refractivity contribution in [2.75, 3.05) is 11.1 Å². The molecule has 2 aromatic rings. The molecule has 0 saturated heterocycles. The molecule has 0 fully saturated rings. The van der Waals surface area contributed by atoms with Crippen LogP contribution in [0.5, 0.6) is 0 Å². The highest BCUT2D eigenvalue weighted by Gasteiger charge is 2.32. The van der Waals surface area contributed by atoms with E-state index in [1.807, 2.05) is 6.07 Å². The van der Waals surface area contributed by atoms with Crippen LogP contribution in [0.25, 0.3) is 0 Å². The molecule has 5 nitrogen and oxygen atoms in total. The van der Waals surface area contributed by atoms with E-state index in [4.69, 9.17) is 18.0 Å². The van der Waals surface area contributed by atoms with Crippen molar-refractivity contribution in [3.05, 3.63) is 50.8 Å². The summed E-state index contributed by atoms with van der Waals surface area (Å²) in [5.41, 5.74) is 0.943. The minimum absolute atomic E-state index is 0.151. The van der Waals surface area contributed by atoms with Crippen molar-refractivity contribution < 1.29 is 4.79 Å². The number of hydrogen-bond donors (Lipinski definition) is 1. The molecule has 0 bridgehead atoms. The molecule has 1 aliphatic rings. The third-order valence-electron chi connectivity index (χ3n) is 3.84. The van der Waals surface area contributed by atoms with E-state index in [9.17, 15) is 9.59 Å². The molecule has 0 saturated carbocycles. The Labute approximate surface area is 148 Å². The molecule has 1 aromatic carbocycles. The highest BCUT2D eigenvalue weighted by Crippen LogP contribution is 2.36. The van der Waals surface area contributed by atoms with E-state index in [1.165, 1.54) is 11.8 Å². The molecule has 1 atom stereocenters. The third-order valence-corrected chi connectivity index (χ3v) is 5.01. The zero-order chi connectivity index (χ0) is 17.3. The number of thioether (sulfide) groups is 1. The minimum Gasteiger partial charge on any atom is -0.312 e. The Bertz CT molecular complexity index is 917. The maximum absolute atomic E-state index is 12.6. The number of anilines is 1. The van der Waals surface area contributed by atoms with Gasteiger partial charge < -0.3 is 9.88 Å². The van der Waals surface area contributed by atoms with Crippen LogP contribution in [-0.2, 0) is 11.8 Å². The van der Waals surface area contributed by atoms with Gasteiger partial charge in [-0.25, -0.2) is 0 Å². The van der Waals surface area contributed by atoms with Crippen molar-refractivity contribution in [3.8, 4) is 12.3 Å². The van der Waals surface area contributed by atoms with Crippen LogP contribution in [0, 0.1) is 12.3 Å². The highest BCUT2D eigenvalue weighted by atomic mass is 35.5. The lowest BCUT2D eigenvalue weighted by molar-refractivity contribution is -0.116. The van der Waals surface area contributed by atoms with Crippen molar-refractivity contribution in [2.24, 2.45) is 7.05 Å². The van der Waals surface area contributed by atoms with E-state index >= 15 is 0 Å². The Morgan fingerprint density at radius 1 is 1.50 bits per heavy atom. The largest absolute Gasteiger partial charge is 0.312 e. The van der Waals surface area contributed by atoms with Crippen LogP contribution in [0.2, 0.25) is 5.02 Å². The van der Waals surface area contributed by atoms with Crippen molar-refractivity contribution in [2.45, 2.75) is 17.5 Å². The first-order valence-electron chi connectivity index (χ1n) is 7.23. The number of carbonyl (C=O) groups is 1. The van der Waals surface area contributed by atoms with Crippen molar-refractivity contribution in [1.82, 2.24) is 9.55 Å². The van der Waals surface area contributed by atoms with E-state index in [1.54, 1.807) is 29.8 Å². The molecule has 0 aliphatic carbocycles. The quantitative estimate of drug-likeness (QED) is 0.520. The monoisotopic (exact) mass is 359 g/mol. The molecule has 1 amide bonds. The predicted molar refractivity (Wildman–Crippen MR) is 95.6 cm³/mol. The van der Waals surface area contributed by atoms with Crippen molar-refractivity contribution >= 4 is 35.1 Å². The molecular formula is C17H14ClN3O2S. The summed E-state index contributed by atoms with van der Waals surface area (Å²) in [5.74, 6) is 2.84. The minimum atomic E-state index is -0.370. The van der Waals surface area contributed by atoms with Gasteiger partial charge in [0.2, 0.25) is 5.91 Å². The van der Waals surface area contributed by atoms with Gasteiger partial charge in [-0.1, -0.05) is 41.4 Å². The molecule has 3 rings (SSSR count). The molecular weight excluding hydrogens is 346 g/mol. The number of fused-ring (bicyclic) bond motifs is 1. The summed E-state index contributed by atoms with van der Waals surface area (Å²) >= 11 is 7.34. The summed E-state index contributed by atoms with van der Waals surface area (Å²) in [7, 11) is 1.75. The molecule has 7 heteroatoms. The Morgan fingerprint density at radius 2 is 2.29 bits per heavy atom. The fourth-order valence-electron chi connectivity index (χ4n) is 2.78. The standard InChI is InChI=1S/C17H14ClN3O2S/c1-3-7-24-17-20-16(23)14-12(10-5-4-6-11(18)8-10)9-13(22)19-15(14)21(17)2/h1,4-6,8,12H,7,9H2,2H3,(H,19,22). The first kappa shape index (κ1) is 16.6. The van der Waals surface area contributed by atoms with Crippen LogP contribution in [0.15, 0.2) is 34.2 Å². The predicted octanol–water partition coefficient (Wildman–Crippen LogP) is 2.63. The van der Waals surface area contributed by atoms with Gasteiger partial charge in [-0.3, -0.25) is 9.59 Å². The second-order valence-electron chi connectivity index (χ2n) is 5.37. The van der Waals surface area contributed by atoms with Gasteiger partial charge in [0.25, 0.3) is 5.56 Å². The summed E-state index contributed by atoms with van der Waals surface area (Å²) in [6, 6.07) is 7.19. The molecule has 122 valence electrons. The molecule has 1 N–H and O–H groups in total. The van der Waals surface area contributed by atoms with Gasteiger partial charge in [0, 0.05) is 24.4 Å². The van der Waals surface area contributed by atoms with Crippen LogP contribution in [0.4, 0.5) is 5.82 Å². The van der Waals surface area contributed by atoms with Gasteiger partial charge in [-0.15, -0.1) is 6.42 Å². The average Bonchev–Trinajstić information content (AvgIpc) is 2.56. The Hall–Kier alpha value is -2.23. The van der Waals surface area contributed by atoms with Crippen LogP contribution < -0.4 is 10.9 Å². The summed E-state index contributed by atoms with van der Waals surface area (Å²) in [4.78, 5) is 28.9. The van der Waals surface area contributed by atoms with Gasteiger partial charge in [0.05, 0.1) is 11.3 Å². The van der Waals surface area contributed by atoms with Gasteiger partial charge in [-0.2, -0.15) is 4.98 Å². The summed E-state index contributed by atoms with van der Waals surface area (Å²) in [5, 5.41) is 3.82. The molecule has 24 heavy (non-hydrogen) atoms. The van der Waals surface area contributed by atoms with E-state index in [-0.39, 0.29) is 23.8 Å². The lowest BCUT2D eigenvalue weighted by Gasteiger charge is -2.27. The summed E-state index contributed by atoms with van der Waals surface area (Å²) in [6.07, 6.45) is 5.45. The molecule has 1 aromatic heterocycles. The molecule has 1 unspecified atom stereocenters. The normalized spacial score (nSPS) is 16.2. The lowest BCUT2D eigenvalue weighted by atomic mass is 9.87. The summed E-state index contributed by atoms with van der Waals surface area (Å²) < 4.78 is 1.70. The number of rotatable bonds is 3. The first-order chi connectivity index (χ1) is 11.5. The number of nitrogens with zero attached hydrogens (tertiary/aromatic N) is 2. The average molecular weight is 360 g/mol. The second kappa shape index (κ2) is 6.71. The Morgan fingerprint density at radius 3 is 3.00 bits per heavy atom. The van der Waals surface area contributed by atoms with E-state index in [0.717, 1.165) is 5.56 Å². The van der Waals surface area contributed by atoms with Crippen molar-refractivity contribution in [3.63, 3.8) is 0 Å². The number of terminal acetylenes is 1. The van der Waals surface area contributed by atoms with Crippen LogP contribution in [0.1, 0.15) is 23.5 Å². The van der Waals surface area contributed by atoms with E-state index in [0.29, 0.717) is 27.3 Å². The molecule has 0 radical (unpaired) electrons. The lowest BCUT2D eigenvalue weighted by Crippen LogP contribution is -2.33. The van der Waals surface area contributed by atoms with Gasteiger partial charge in [-0.05, 0) is 17.7 Å². The fourth-order valence-corrected chi connectivity index (χ4v) is 3.62. The zero-order valence-corrected chi connectivity index (χ0v) is 14.4.